The average Bonchev–Trinajstić information content (AvgIpc) is 2.67. The number of likely N-dealkylation sites (N-methyl/N-ethyl adjacent to an activating group) is 1. The van der Waals surface area contributed by atoms with Crippen molar-refractivity contribution in [2.45, 2.75) is 26.8 Å². The van der Waals surface area contributed by atoms with E-state index in [1.165, 1.54) is 4.90 Å². The van der Waals surface area contributed by atoms with Crippen molar-refractivity contribution in [3.05, 3.63) is 38.9 Å². The van der Waals surface area contributed by atoms with E-state index in [0.29, 0.717) is 40.9 Å². The molecule has 0 radical (unpaired) electrons. The van der Waals surface area contributed by atoms with Crippen LogP contribution in [-0.4, -0.2) is 55.4 Å². The van der Waals surface area contributed by atoms with Gasteiger partial charge in [0.15, 0.2) is 4.77 Å². The average molecular weight is 394 g/mol. The fourth-order valence-electron chi connectivity index (χ4n) is 2.99. The van der Waals surface area contributed by atoms with E-state index in [0.717, 1.165) is 26.1 Å². The minimum atomic E-state index is -0.179. The van der Waals surface area contributed by atoms with Crippen molar-refractivity contribution in [1.29, 1.82) is 0 Å². The number of hydrogen-bond acceptors (Lipinski definition) is 4. The molecule has 2 aromatic rings. The zero-order valence-corrected chi connectivity index (χ0v) is 17.1. The third kappa shape index (κ3) is 5.47. The maximum absolute atomic E-state index is 12.8. The highest BCUT2D eigenvalue weighted by atomic mass is 32.1. The fraction of sp³-hybridized carbons (Fsp3) is 0.526. The summed E-state index contributed by atoms with van der Waals surface area (Å²) in [5.74, 6) is -0.179. The summed E-state index contributed by atoms with van der Waals surface area (Å²) < 4.78 is 6.96. The Kier molecular flexibility index (Phi) is 8.15. The van der Waals surface area contributed by atoms with Crippen LogP contribution in [0.3, 0.4) is 0 Å². The molecule has 0 fully saturated rings. The van der Waals surface area contributed by atoms with Gasteiger partial charge in [0, 0.05) is 25.8 Å². The Bertz CT molecular complexity index is 887. The van der Waals surface area contributed by atoms with Crippen molar-refractivity contribution in [2.24, 2.45) is 0 Å². The topological polar surface area (TPSA) is 80.6 Å². The molecule has 0 atom stereocenters. The Labute approximate surface area is 164 Å². The highest BCUT2D eigenvalue weighted by molar-refractivity contribution is 7.71. The van der Waals surface area contributed by atoms with Crippen LogP contribution in [0.4, 0.5) is 0 Å². The van der Waals surface area contributed by atoms with Crippen molar-refractivity contribution in [3.8, 4) is 0 Å². The maximum atomic E-state index is 12.8. The molecule has 1 aromatic carbocycles. The Morgan fingerprint density at radius 1 is 1.33 bits per heavy atom. The van der Waals surface area contributed by atoms with Crippen LogP contribution in [0.5, 0.6) is 0 Å². The van der Waals surface area contributed by atoms with Gasteiger partial charge in [0.05, 0.1) is 37.1 Å². The zero-order valence-electron chi connectivity index (χ0n) is 16.3. The first-order valence-corrected chi connectivity index (χ1v) is 9.80. The first kappa shape index (κ1) is 21.3. The van der Waals surface area contributed by atoms with Crippen LogP contribution in [-0.2, 0) is 11.3 Å². The number of carbonyl (C=O) groups is 1. The molecule has 27 heavy (non-hydrogen) atoms. The molecule has 2 rings (SSSR count). The smallest absolute Gasteiger partial charge is 0.262 e. The third-order valence-electron chi connectivity index (χ3n) is 4.74. The van der Waals surface area contributed by atoms with E-state index in [2.05, 4.69) is 24.1 Å². The summed E-state index contributed by atoms with van der Waals surface area (Å²) in [5.41, 5.74) is 0.962. The van der Waals surface area contributed by atoms with Crippen LogP contribution in [0.1, 0.15) is 30.6 Å². The molecule has 0 bridgehead atoms. The lowest BCUT2D eigenvalue weighted by Gasteiger charge is -2.16. The molecule has 0 aliphatic carbocycles. The van der Waals surface area contributed by atoms with E-state index in [1.807, 2.05) is 0 Å². The van der Waals surface area contributed by atoms with Crippen molar-refractivity contribution in [1.82, 2.24) is 14.9 Å². The molecule has 1 amide bonds. The number of aromatic amines is 1. The van der Waals surface area contributed by atoms with E-state index in [-0.39, 0.29) is 11.5 Å². The van der Waals surface area contributed by atoms with Crippen LogP contribution < -0.4 is 15.8 Å². The molecule has 0 aliphatic rings. The molecule has 8 heteroatoms. The van der Waals surface area contributed by atoms with Crippen LogP contribution in [0.2, 0.25) is 0 Å². The molecule has 0 aliphatic heterocycles. The van der Waals surface area contributed by atoms with Crippen LogP contribution in [0.15, 0.2) is 23.0 Å². The van der Waals surface area contributed by atoms with E-state index >= 15 is 0 Å². The Morgan fingerprint density at radius 3 is 2.74 bits per heavy atom. The summed E-state index contributed by atoms with van der Waals surface area (Å²) in [6.07, 6.45) is 0.748. The van der Waals surface area contributed by atoms with Gasteiger partial charge in [0.2, 0.25) is 0 Å². The van der Waals surface area contributed by atoms with Gasteiger partial charge in [-0.2, -0.15) is 0 Å². The quantitative estimate of drug-likeness (QED) is 0.411. The molecule has 0 spiro atoms. The van der Waals surface area contributed by atoms with E-state index in [9.17, 15) is 9.59 Å². The lowest BCUT2D eigenvalue weighted by atomic mass is 10.1. The number of nitrogens with zero attached hydrogens (tertiary/aromatic N) is 1. The van der Waals surface area contributed by atoms with Gasteiger partial charge in [0.1, 0.15) is 0 Å². The molecule has 0 saturated heterocycles. The normalized spacial score (nSPS) is 11.3. The standard InChI is InChI=1S/C19H28N4O3S/c1-4-22(5-2)10-11-23-18(25)15-8-7-14(13-16(15)21-19(23)27)17(24)20-9-6-12-26-3/h7-8,13H,4-6,9-12H2,1-3H3,(H,20,24)(H,21,27)/p+1. The number of rotatable bonds is 10. The van der Waals surface area contributed by atoms with Crippen molar-refractivity contribution in [3.63, 3.8) is 0 Å². The summed E-state index contributed by atoms with van der Waals surface area (Å²) in [6.45, 7) is 8.84. The molecule has 3 N–H and O–H groups in total. The third-order valence-corrected chi connectivity index (χ3v) is 5.07. The highest BCUT2D eigenvalue weighted by Crippen LogP contribution is 2.11. The number of methoxy groups -OCH3 is 1. The van der Waals surface area contributed by atoms with Gasteiger partial charge in [-0.1, -0.05) is 0 Å². The van der Waals surface area contributed by atoms with Gasteiger partial charge in [-0.15, -0.1) is 0 Å². The first-order chi connectivity index (χ1) is 13.0. The van der Waals surface area contributed by atoms with Crippen molar-refractivity contribution < 1.29 is 14.4 Å². The summed E-state index contributed by atoms with van der Waals surface area (Å²) >= 11 is 5.38. The number of H-pyrrole nitrogens is 1. The highest BCUT2D eigenvalue weighted by Gasteiger charge is 2.11. The molecule has 0 saturated carbocycles. The Morgan fingerprint density at radius 2 is 2.07 bits per heavy atom. The number of quaternary nitrogens is 1. The summed E-state index contributed by atoms with van der Waals surface area (Å²) in [4.78, 5) is 29.6. The molecular weight excluding hydrogens is 364 g/mol. The van der Waals surface area contributed by atoms with Gasteiger partial charge < -0.3 is 19.9 Å². The summed E-state index contributed by atoms with van der Waals surface area (Å²) in [6, 6.07) is 5.04. The molecule has 1 aromatic heterocycles. The predicted octanol–water partition coefficient (Wildman–Crippen LogP) is 0.750. The lowest BCUT2D eigenvalue weighted by molar-refractivity contribution is -0.897. The second-order valence-electron chi connectivity index (χ2n) is 6.46. The molecule has 1 heterocycles. The monoisotopic (exact) mass is 393 g/mol. The lowest BCUT2D eigenvalue weighted by Crippen LogP contribution is -3.11. The molecule has 0 unspecified atom stereocenters. The van der Waals surface area contributed by atoms with Gasteiger partial charge >= 0.3 is 0 Å². The molecule has 148 valence electrons. The number of amides is 1. The number of carbonyl (C=O) groups excluding carboxylic acids is 1. The second kappa shape index (κ2) is 10.3. The van der Waals surface area contributed by atoms with Gasteiger partial charge in [-0.3, -0.25) is 14.2 Å². The van der Waals surface area contributed by atoms with Gasteiger partial charge in [0.25, 0.3) is 11.5 Å². The number of fused-ring (bicyclic) bond motifs is 1. The number of hydrogen-bond donors (Lipinski definition) is 3. The van der Waals surface area contributed by atoms with E-state index < -0.39 is 0 Å². The van der Waals surface area contributed by atoms with E-state index in [4.69, 9.17) is 17.0 Å². The Hall–Kier alpha value is -2.03. The molecule has 7 nitrogen and oxygen atoms in total. The summed E-state index contributed by atoms with van der Waals surface area (Å²) in [5, 5.41) is 3.38. The second-order valence-corrected chi connectivity index (χ2v) is 6.84. The number of ether oxygens (including phenoxy) is 1. The van der Waals surface area contributed by atoms with Crippen LogP contribution in [0.25, 0.3) is 10.9 Å². The largest absolute Gasteiger partial charge is 0.385 e. The summed E-state index contributed by atoms with van der Waals surface area (Å²) in [7, 11) is 1.63. The predicted molar refractivity (Wildman–Crippen MR) is 109 cm³/mol. The number of nitrogens with one attached hydrogen (secondary N) is 3. The van der Waals surface area contributed by atoms with Gasteiger partial charge in [-0.25, -0.2) is 0 Å². The minimum absolute atomic E-state index is 0.118. The first-order valence-electron chi connectivity index (χ1n) is 9.39. The van der Waals surface area contributed by atoms with Crippen molar-refractivity contribution in [2.75, 3.05) is 39.9 Å². The SMILES string of the molecule is CC[NH+](CC)CCn1c(=S)[nH]c2cc(C(=O)NCCCOC)ccc2c1=O. The fourth-order valence-corrected chi connectivity index (χ4v) is 3.28. The van der Waals surface area contributed by atoms with Crippen molar-refractivity contribution >= 4 is 29.0 Å². The van der Waals surface area contributed by atoms with Gasteiger partial charge in [-0.05, 0) is 50.7 Å². The number of benzene rings is 1. The minimum Gasteiger partial charge on any atom is -0.385 e. The maximum Gasteiger partial charge on any atom is 0.262 e. The van der Waals surface area contributed by atoms with Crippen LogP contribution >= 0.6 is 12.2 Å². The Balaban J connectivity index is 2.23. The molecular formula is C19H29N4O3S+. The number of aromatic nitrogens is 2. The van der Waals surface area contributed by atoms with Crippen LogP contribution in [0, 0.1) is 4.77 Å². The zero-order chi connectivity index (χ0) is 19.8. The van der Waals surface area contributed by atoms with E-state index in [1.54, 1.807) is 29.9 Å².